The molecule has 0 amide bonds. The average Bonchev–Trinajstić information content (AvgIpc) is 3.29. The average molecular weight is 569 g/mol. The lowest BCUT2D eigenvalue weighted by atomic mass is 9.55. The van der Waals surface area contributed by atoms with Gasteiger partial charge in [-0.1, -0.05) is 83.4 Å². The Kier molecular flexibility index (Phi) is 14.4. The Morgan fingerprint density at radius 1 is 0.927 bits per heavy atom. The molecule has 4 rings (SSSR count). The van der Waals surface area contributed by atoms with E-state index >= 15 is 0 Å². The molecule has 0 aliphatic heterocycles. The van der Waals surface area contributed by atoms with Gasteiger partial charge >= 0.3 is 5.97 Å². The summed E-state index contributed by atoms with van der Waals surface area (Å²) < 4.78 is 0. The van der Waals surface area contributed by atoms with Gasteiger partial charge in [-0.3, -0.25) is 4.79 Å². The van der Waals surface area contributed by atoms with Crippen molar-refractivity contribution in [3.8, 4) is 5.75 Å². The minimum Gasteiger partial charge on any atom is -0.508 e. The molecule has 1 aromatic rings. The molecule has 0 unspecified atom stereocenters. The first kappa shape index (κ1) is 33.4. The van der Waals surface area contributed by atoms with Crippen LogP contribution in [-0.2, 0) is 20.9 Å². The standard InChI is InChI=1S/C18H34O3.C18H22O2/c1-2-3-4-5-6-7-8-9-10-11-12-13-14-15-16-17-18(19)21-20;1-18-9-8-14-13-5-3-12(19)10-11(13)2-4-15(14)16(18)6-7-17(18)20/h9-10,20H,2-8,11-17H2,1H3;3,5,10,14-16,19H,2,4,6-9H2,1H3/b10-9-;/t;14-,15-,16+,18+/m.1/s1. The van der Waals surface area contributed by atoms with Crippen LogP contribution in [-0.4, -0.2) is 22.1 Å². The molecule has 0 bridgehead atoms. The van der Waals surface area contributed by atoms with Gasteiger partial charge in [0.05, 0.1) is 0 Å². The van der Waals surface area contributed by atoms with E-state index in [1.807, 2.05) is 12.1 Å². The fourth-order valence-corrected chi connectivity index (χ4v) is 7.73. The summed E-state index contributed by atoms with van der Waals surface area (Å²) >= 11 is 0. The number of fused-ring (bicyclic) bond motifs is 5. The highest BCUT2D eigenvalue weighted by Crippen LogP contribution is 2.59. The number of hydrogen-bond donors (Lipinski definition) is 2. The number of phenolic OH excluding ortho intramolecular Hbond substituents is 1. The minimum atomic E-state index is -0.521. The maximum Gasteiger partial charge on any atom is 0.342 e. The Hall–Kier alpha value is -2.14. The van der Waals surface area contributed by atoms with Crippen LogP contribution in [0.25, 0.3) is 0 Å². The lowest BCUT2D eigenvalue weighted by molar-refractivity contribution is -0.234. The number of benzene rings is 1. The minimum absolute atomic E-state index is 0.0322. The molecule has 0 aromatic heterocycles. The number of carbonyl (C=O) groups excluding carboxylic acids is 2. The second-order valence-electron chi connectivity index (χ2n) is 13.0. The Morgan fingerprint density at radius 2 is 1.59 bits per heavy atom. The smallest absolute Gasteiger partial charge is 0.342 e. The number of aromatic hydroxyl groups is 1. The first-order valence-corrected chi connectivity index (χ1v) is 16.7. The molecular formula is C36H56O5. The summed E-state index contributed by atoms with van der Waals surface area (Å²) in [5.41, 5.74) is 2.75. The van der Waals surface area contributed by atoms with Gasteiger partial charge in [0.15, 0.2) is 0 Å². The van der Waals surface area contributed by atoms with Crippen LogP contribution in [0.5, 0.6) is 5.75 Å². The molecule has 0 saturated heterocycles. The molecule has 5 nitrogen and oxygen atoms in total. The summed E-state index contributed by atoms with van der Waals surface area (Å²) in [6.45, 7) is 4.47. The SMILES string of the molecule is CCCCCCCC/C=C\CCCCCCCC(=O)OO.C[C@]12CC[C@@H]3c4ccc(O)cc4CC[C@H]3[C@@H]1CCC2=O. The maximum absolute atomic E-state index is 12.3. The van der Waals surface area contributed by atoms with Crippen molar-refractivity contribution in [2.75, 3.05) is 0 Å². The third kappa shape index (κ3) is 9.98. The van der Waals surface area contributed by atoms with E-state index in [1.165, 1.54) is 81.8 Å². The Balaban J connectivity index is 0.000000225. The van der Waals surface area contributed by atoms with Crippen molar-refractivity contribution in [2.24, 2.45) is 17.3 Å². The predicted molar refractivity (Wildman–Crippen MR) is 166 cm³/mol. The lowest BCUT2D eigenvalue weighted by Gasteiger charge is -2.48. The molecule has 0 heterocycles. The number of aryl methyl sites for hydroxylation is 1. The molecule has 2 saturated carbocycles. The molecule has 0 radical (unpaired) electrons. The monoisotopic (exact) mass is 568 g/mol. The van der Waals surface area contributed by atoms with E-state index in [2.05, 4.69) is 37.0 Å². The van der Waals surface area contributed by atoms with E-state index in [-0.39, 0.29) is 5.41 Å². The van der Waals surface area contributed by atoms with E-state index in [9.17, 15) is 14.7 Å². The van der Waals surface area contributed by atoms with Crippen LogP contribution in [0, 0.1) is 17.3 Å². The van der Waals surface area contributed by atoms with Crippen LogP contribution in [0.1, 0.15) is 153 Å². The maximum atomic E-state index is 12.3. The normalized spacial score (nSPS) is 24.8. The molecule has 1 aromatic carbocycles. The largest absolute Gasteiger partial charge is 0.508 e. The lowest BCUT2D eigenvalue weighted by Crippen LogP contribution is -2.42. The number of carbonyl (C=O) groups is 2. The molecular weight excluding hydrogens is 512 g/mol. The van der Waals surface area contributed by atoms with Crippen molar-refractivity contribution in [3.63, 3.8) is 0 Å². The summed E-state index contributed by atoms with van der Waals surface area (Å²) in [5, 5.41) is 17.8. The predicted octanol–water partition coefficient (Wildman–Crippen LogP) is 9.86. The van der Waals surface area contributed by atoms with Crippen LogP contribution in [0.3, 0.4) is 0 Å². The number of ketones is 1. The van der Waals surface area contributed by atoms with Crippen LogP contribution in [0.15, 0.2) is 30.4 Å². The zero-order valence-electron chi connectivity index (χ0n) is 25.9. The Morgan fingerprint density at radius 3 is 2.27 bits per heavy atom. The van der Waals surface area contributed by atoms with Gasteiger partial charge in [0, 0.05) is 18.3 Å². The fourth-order valence-electron chi connectivity index (χ4n) is 7.73. The Labute approximate surface area is 249 Å². The number of unbranched alkanes of at least 4 members (excludes halogenated alkanes) is 11. The van der Waals surface area contributed by atoms with Gasteiger partial charge in [0.1, 0.15) is 11.5 Å². The van der Waals surface area contributed by atoms with Gasteiger partial charge in [-0.2, -0.15) is 5.26 Å². The summed E-state index contributed by atoms with van der Waals surface area (Å²) in [6.07, 6.45) is 27.4. The molecule has 2 fully saturated rings. The fraction of sp³-hybridized carbons (Fsp3) is 0.722. The van der Waals surface area contributed by atoms with E-state index in [4.69, 9.17) is 5.26 Å². The third-order valence-electron chi connectivity index (χ3n) is 10.2. The third-order valence-corrected chi connectivity index (χ3v) is 10.2. The molecule has 230 valence electrons. The molecule has 5 heteroatoms. The molecule has 3 aliphatic rings. The summed E-state index contributed by atoms with van der Waals surface area (Å²) in [5.74, 6) is 2.26. The van der Waals surface area contributed by atoms with Gasteiger partial charge in [-0.25, -0.2) is 4.79 Å². The number of phenols is 1. The number of allylic oxidation sites excluding steroid dienone is 2. The summed E-state index contributed by atoms with van der Waals surface area (Å²) in [7, 11) is 0. The molecule has 0 spiro atoms. The number of hydrogen-bond acceptors (Lipinski definition) is 5. The quantitative estimate of drug-likeness (QED) is 0.0952. The molecule has 4 atom stereocenters. The first-order chi connectivity index (χ1) is 19.9. The Bertz CT molecular complexity index is 969. The van der Waals surface area contributed by atoms with Gasteiger partial charge in [-0.15, -0.1) is 0 Å². The van der Waals surface area contributed by atoms with Crippen molar-refractivity contribution >= 4 is 11.8 Å². The van der Waals surface area contributed by atoms with E-state index in [1.54, 1.807) is 0 Å². The first-order valence-electron chi connectivity index (χ1n) is 16.7. The molecule has 2 N–H and O–H groups in total. The van der Waals surface area contributed by atoms with E-state index < -0.39 is 5.97 Å². The van der Waals surface area contributed by atoms with Crippen molar-refractivity contribution in [3.05, 3.63) is 41.5 Å². The van der Waals surface area contributed by atoms with Crippen molar-refractivity contribution < 1.29 is 24.8 Å². The zero-order valence-corrected chi connectivity index (χ0v) is 25.9. The highest BCUT2D eigenvalue weighted by Gasteiger charge is 2.54. The van der Waals surface area contributed by atoms with Gasteiger partial charge < -0.3 is 9.99 Å². The number of Topliss-reactive ketones (excluding diaryl/α,β-unsaturated/α-hetero) is 1. The summed E-state index contributed by atoms with van der Waals surface area (Å²) in [6, 6.07) is 5.90. The second-order valence-corrected chi connectivity index (χ2v) is 13.0. The zero-order chi connectivity index (χ0) is 29.5. The van der Waals surface area contributed by atoms with Gasteiger partial charge in [0.2, 0.25) is 0 Å². The molecule has 3 aliphatic carbocycles. The highest BCUT2D eigenvalue weighted by molar-refractivity contribution is 5.87. The topological polar surface area (TPSA) is 83.8 Å². The second kappa shape index (κ2) is 17.7. The van der Waals surface area contributed by atoms with Crippen LogP contribution < -0.4 is 0 Å². The highest BCUT2D eigenvalue weighted by atomic mass is 17.1. The van der Waals surface area contributed by atoms with Crippen molar-refractivity contribution in [2.45, 2.75) is 148 Å². The summed E-state index contributed by atoms with van der Waals surface area (Å²) in [4.78, 5) is 26.5. The van der Waals surface area contributed by atoms with E-state index in [0.29, 0.717) is 35.7 Å². The van der Waals surface area contributed by atoms with Crippen LogP contribution >= 0.6 is 0 Å². The van der Waals surface area contributed by atoms with Gasteiger partial charge in [0.25, 0.3) is 0 Å². The number of rotatable bonds is 15. The van der Waals surface area contributed by atoms with Crippen LogP contribution in [0.4, 0.5) is 0 Å². The van der Waals surface area contributed by atoms with Crippen molar-refractivity contribution in [1.82, 2.24) is 0 Å². The van der Waals surface area contributed by atoms with E-state index in [0.717, 1.165) is 51.4 Å². The molecule has 41 heavy (non-hydrogen) atoms. The van der Waals surface area contributed by atoms with Crippen LogP contribution in [0.2, 0.25) is 0 Å². The van der Waals surface area contributed by atoms with Crippen molar-refractivity contribution in [1.29, 1.82) is 0 Å². The van der Waals surface area contributed by atoms with Gasteiger partial charge in [-0.05, 0) is 105 Å².